The number of rotatable bonds is 4. The molecule has 28 heavy (non-hydrogen) atoms. The van der Waals surface area contributed by atoms with E-state index in [1.54, 1.807) is 0 Å². The molecule has 0 heterocycles. The van der Waals surface area contributed by atoms with Crippen LogP contribution >= 0.6 is 0 Å². The monoisotopic (exact) mass is 392 g/mol. The molecule has 0 aromatic rings. The van der Waals surface area contributed by atoms with Crippen LogP contribution in [0.4, 0.5) is 0 Å². The number of aliphatic hydroxyl groups is 2. The summed E-state index contributed by atoms with van der Waals surface area (Å²) < 4.78 is 0. The lowest BCUT2D eigenvalue weighted by molar-refractivity contribution is -0.175. The summed E-state index contributed by atoms with van der Waals surface area (Å²) in [6.45, 7) is 6.99. The van der Waals surface area contributed by atoms with Gasteiger partial charge < -0.3 is 15.3 Å². The third-order valence-electron chi connectivity index (χ3n) is 10.3. The highest BCUT2D eigenvalue weighted by molar-refractivity contribution is 5.66. The van der Waals surface area contributed by atoms with E-state index in [1.807, 2.05) is 0 Å². The Kier molecular flexibility index (Phi) is 5.36. The number of carboxylic acid groups (broad SMARTS) is 1. The van der Waals surface area contributed by atoms with Crippen molar-refractivity contribution in [2.75, 3.05) is 0 Å². The molecular weight excluding hydrogens is 352 g/mol. The van der Waals surface area contributed by atoms with Gasteiger partial charge in [-0.2, -0.15) is 0 Å². The van der Waals surface area contributed by atoms with Crippen LogP contribution in [0.2, 0.25) is 0 Å². The minimum atomic E-state index is -0.707. The normalized spacial score (nSPS) is 51.7. The van der Waals surface area contributed by atoms with Gasteiger partial charge in [-0.25, -0.2) is 0 Å². The zero-order valence-electron chi connectivity index (χ0n) is 17.9. The number of aliphatic carboxylic acids is 1. The molecule has 0 unspecified atom stereocenters. The molecule has 0 saturated heterocycles. The highest BCUT2D eigenvalue weighted by Crippen LogP contribution is 2.68. The van der Waals surface area contributed by atoms with Crippen molar-refractivity contribution in [3.8, 4) is 0 Å². The van der Waals surface area contributed by atoms with E-state index in [4.69, 9.17) is 5.11 Å². The van der Waals surface area contributed by atoms with Crippen LogP contribution < -0.4 is 0 Å². The number of carbonyl (C=O) groups is 1. The van der Waals surface area contributed by atoms with E-state index >= 15 is 0 Å². The van der Waals surface area contributed by atoms with Crippen molar-refractivity contribution in [1.82, 2.24) is 0 Å². The Bertz CT molecular complexity index is 605. The summed E-state index contributed by atoms with van der Waals surface area (Å²) in [6, 6.07) is 0. The molecule has 0 aromatic carbocycles. The Morgan fingerprint density at radius 2 is 1.79 bits per heavy atom. The van der Waals surface area contributed by atoms with E-state index in [9.17, 15) is 15.0 Å². The van der Waals surface area contributed by atoms with E-state index in [0.717, 1.165) is 38.5 Å². The number of aliphatic hydroxyl groups excluding tert-OH is 2. The molecule has 4 aliphatic carbocycles. The lowest BCUT2D eigenvalue weighted by Crippen LogP contribution is -2.58. The summed E-state index contributed by atoms with van der Waals surface area (Å²) in [5.41, 5.74) is 0.216. The summed E-state index contributed by atoms with van der Waals surface area (Å²) in [6.07, 6.45) is 9.26. The van der Waals surface area contributed by atoms with Crippen molar-refractivity contribution in [3.63, 3.8) is 0 Å². The van der Waals surface area contributed by atoms with Gasteiger partial charge in [0.1, 0.15) is 0 Å². The molecule has 0 spiro atoms. The van der Waals surface area contributed by atoms with Crippen molar-refractivity contribution in [2.24, 2.45) is 46.3 Å². The highest BCUT2D eigenvalue weighted by atomic mass is 16.4. The predicted molar refractivity (Wildman–Crippen MR) is 109 cm³/mol. The molecule has 0 aliphatic heterocycles. The van der Waals surface area contributed by atoms with Crippen molar-refractivity contribution < 1.29 is 20.1 Å². The highest BCUT2D eigenvalue weighted by Gasteiger charge is 2.63. The third kappa shape index (κ3) is 3.05. The first-order valence-corrected chi connectivity index (χ1v) is 11.8. The van der Waals surface area contributed by atoms with Gasteiger partial charge in [0.2, 0.25) is 0 Å². The smallest absolute Gasteiger partial charge is 0.303 e. The van der Waals surface area contributed by atoms with E-state index < -0.39 is 5.97 Å². The van der Waals surface area contributed by atoms with E-state index in [0.29, 0.717) is 35.5 Å². The molecule has 0 radical (unpaired) electrons. The first kappa shape index (κ1) is 20.7. The first-order chi connectivity index (χ1) is 13.2. The van der Waals surface area contributed by atoms with Crippen LogP contribution in [0.15, 0.2) is 0 Å². The predicted octanol–water partition coefficient (Wildman–Crippen LogP) is 4.48. The van der Waals surface area contributed by atoms with Crippen LogP contribution in [-0.4, -0.2) is 33.5 Å². The summed E-state index contributed by atoms with van der Waals surface area (Å²) in [5.74, 6) is 2.55. The quantitative estimate of drug-likeness (QED) is 0.659. The van der Waals surface area contributed by atoms with Crippen molar-refractivity contribution >= 4 is 5.97 Å². The second-order valence-corrected chi connectivity index (χ2v) is 11.3. The number of fused-ring (bicyclic) bond motifs is 5. The van der Waals surface area contributed by atoms with Gasteiger partial charge in [-0.15, -0.1) is 0 Å². The molecular formula is C24H40O4. The summed E-state index contributed by atoms with van der Waals surface area (Å²) in [7, 11) is 0. The lowest BCUT2D eigenvalue weighted by atomic mass is 9.43. The molecule has 3 N–H and O–H groups in total. The largest absolute Gasteiger partial charge is 0.481 e. The molecule has 0 amide bonds. The fraction of sp³-hybridized carbons (Fsp3) is 0.958. The van der Waals surface area contributed by atoms with Crippen LogP contribution in [0.5, 0.6) is 0 Å². The summed E-state index contributed by atoms with van der Waals surface area (Å²) >= 11 is 0. The van der Waals surface area contributed by atoms with Gasteiger partial charge in [0.05, 0.1) is 12.2 Å². The van der Waals surface area contributed by atoms with E-state index in [1.165, 1.54) is 19.3 Å². The van der Waals surface area contributed by atoms with E-state index in [-0.39, 0.29) is 29.5 Å². The molecule has 4 nitrogen and oxygen atoms in total. The van der Waals surface area contributed by atoms with Gasteiger partial charge in [0.15, 0.2) is 0 Å². The Balaban J connectivity index is 1.56. The van der Waals surface area contributed by atoms with Crippen molar-refractivity contribution in [3.05, 3.63) is 0 Å². The van der Waals surface area contributed by atoms with Gasteiger partial charge >= 0.3 is 5.97 Å². The van der Waals surface area contributed by atoms with Crippen LogP contribution in [0.3, 0.4) is 0 Å². The molecule has 0 bridgehead atoms. The second-order valence-electron chi connectivity index (χ2n) is 11.3. The van der Waals surface area contributed by atoms with Crippen LogP contribution in [0.25, 0.3) is 0 Å². The zero-order valence-corrected chi connectivity index (χ0v) is 17.9. The number of carboxylic acids is 1. The standard InChI is InChI=1S/C24H40O4/c1-14(4-9-22(27)28)18-7-8-19-17-6-5-15-12-16(25)10-11-23(15,2)20(17)13-21(26)24(18,19)3/h14-21,25-26H,4-13H2,1-3H3,(H,27,28)/t14-,15+,16+,17+,18+,19+,20-,21-,23+,24-/m1/s1. The van der Waals surface area contributed by atoms with Gasteiger partial charge in [0.25, 0.3) is 0 Å². The van der Waals surface area contributed by atoms with Gasteiger partial charge in [-0.1, -0.05) is 20.8 Å². The third-order valence-corrected chi connectivity index (χ3v) is 10.3. The average molecular weight is 393 g/mol. The molecule has 0 aromatic heterocycles. The Labute approximate surface area is 170 Å². The molecule has 4 rings (SSSR count). The lowest BCUT2D eigenvalue weighted by Gasteiger charge is -2.62. The first-order valence-electron chi connectivity index (χ1n) is 11.8. The molecule has 4 saturated carbocycles. The maximum absolute atomic E-state index is 11.5. The zero-order chi connectivity index (χ0) is 20.3. The molecule has 10 atom stereocenters. The fourth-order valence-corrected chi connectivity index (χ4v) is 8.71. The SMILES string of the molecule is C[C@H](CCC(=O)O)[C@@H]1CC[C@H]2[C@@H]3CC[C@H]4C[C@@H](O)CC[C@]4(C)[C@@H]3C[C@@H](O)[C@@]21C. The Hall–Kier alpha value is -0.610. The maximum atomic E-state index is 11.5. The topological polar surface area (TPSA) is 77.8 Å². The van der Waals surface area contributed by atoms with Gasteiger partial charge in [-0.05, 0) is 104 Å². The second kappa shape index (κ2) is 7.27. The minimum Gasteiger partial charge on any atom is -0.481 e. The molecule has 4 fully saturated rings. The van der Waals surface area contributed by atoms with Crippen molar-refractivity contribution in [2.45, 2.75) is 97.2 Å². The van der Waals surface area contributed by atoms with Crippen LogP contribution in [0.1, 0.15) is 85.0 Å². The fourth-order valence-electron chi connectivity index (χ4n) is 8.71. The van der Waals surface area contributed by atoms with Gasteiger partial charge in [0, 0.05) is 6.42 Å². The maximum Gasteiger partial charge on any atom is 0.303 e. The average Bonchev–Trinajstić information content (AvgIpc) is 3.00. The van der Waals surface area contributed by atoms with Crippen molar-refractivity contribution in [1.29, 1.82) is 0 Å². The van der Waals surface area contributed by atoms with Crippen LogP contribution in [-0.2, 0) is 4.79 Å². The molecule has 4 aliphatic rings. The molecule has 160 valence electrons. The minimum absolute atomic E-state index is 0.0591. The summed E-state index contributed by atoms with van der Waals surface area (Å²) in [5, 5.41) is 30.8. The van der Waals surface area contributed by atoms with E-state index in [2.05, 4.69) is 20.8 Å². The van der Waals surface area contributed by atoms with Gasteiger partial charge in [-0.3, -0.25) is 4.79 Å². The Morgan fingerprint density at radius 1 is 1.04 bits per heavy atom. The molecule has 4 heteroatoms. The number of hydrogen-bond acceptors (Lipinski definition) is 3. The van der Waals surface area contributed by atoms with Crippen LogP contribution in [0, 0.1) is 46.3 Å². The number of hydrogen-bond donors (Lipinski definition) is 3. The summed E-state index contributed by atoms with van der Waals surface area (Å²) in [4.78, 5) is 11.1. The Morgan fingerprint density at radius 3 is 2.50 bits per heavy atom.